The number of aromatic nitrogens is 2. The van der Waals surface area contributed by atoms with Crippen molar-refractivity contribution in [1.82, 2.24) is 9.97 Å². The molecule has 33 heavy (non-hydrogen) atoms. The highest BCUT2D eigenvalue weighted by molar-refractivity contribution is 5.61. The molecule has 0 saturated heterocycles. The van der Waals surface area contributed by atoms with Gasteiger partial charge in [-0.25, -0.2) is 9.97 Å². The van der Waals surface area contributed by atoms with Gasteiger partial charge in [0.25, 0.3) is 0 Å². The van der Waals surface area contributed by atoms with E-state index in [2.05, 4.69) is 48.9 Å². The third kappa shape index (κ3) is 8.76. The number of hydrogen-bond acceptors (Lipinski definition) is 3. The average molecular weight is 451 g/mol. The second-order valence-electron chi connectivity index (χ2n) is 10.2. The molecule has 0 radical (unpaired) electrons. The molecule has 0 bridgehead atoms. The van der Waals surface area contributed by atoms with Crippen LogP contribution in [0.1, 0.15) is 108 Å². The number of aryl methyl sites for hydroxylation is 2. The minimum atomic E-state index is 0.713. The summed E-state index contributed by atoms with van der Waals surface area (Å²) in [5.74, 6) is 3.46. The molecule has 3 heteroatoms. The first-order chi connectivity index (χ1) is 16.2. The first-order valence-corrected chi connectivity index (χ1v) is 13.7. The monoisotopic (exact) mass is 450 g/mol. The van der Waals surface area contributed by atoms with E-state index in [9.17, 15) is 0 Å². The summed E-state index contributed by atoms with van der Waals surface area (Å²) < 4.78 is 6.18. The minimum Gasteiger partial charge on any atom is -0.493 e. The Kier molecular flexibility index (Phi) is 11.2. The summed E-state index contributed by atoms with van der Waals surface area (Å²) in [5, 5.41) is 0. The van der Waals surface area contributed by atoms with Gasteiger partial charge >= 0.3 is 0 Å². The molecule has 0 spiro atoms. The van der Waals surface area contributed by atoms with Crippen molar-refractivity contribution in [2.24, 2.45) is 11.8 Å². The normalized spacial score (nSPS) is 18.4. The van der Waals surface area contributed by atoms with Crippen LogP contribution in [0.5, 0.6) is 5.75 Å². The summed E-state index contributed by atoms with van der Waals surface area (Å²) in [4.78, 5) is 9.34. The van der Waals surface area contributed by atoms with E-state index in [1.54, 1.807) is 0 Å². The van der Waals surface area contributed by atoms with Gasteiger partial charge in [0.1, 0.15) is 5.75 Å². The third-order valence-corrected chi connectivity index (χ3v) is 7.36. The molecule has 1 saturated carbocycles. The maximum atomic E-state index is 6.18. The van der Waals surface area contributed by atoms with Crippen molar-refractivity contribution >= 4 is 0 Å². The van der Waals surface area contributed by atoms with Crippen LogP contribution in [0.15, 0.2) is 30.6 Å². The van der Waals surface area contributed by atoms with E-state index in [1.807, 2.05) is 12.4 Å². The van der Waals surface area contributed by atoms with Gasteiger partial charge < -0.3 is 4.74 Å². The molecule has 0 unspecified atom stereocenters. The standard InChI is InChI=1S/C30H46N2O/c1-4-6-7-8-9-10-11-13-27-21-31-30(32-22-27)29-19-18-28(20-24(29)3)33-23-26-16-14-25(12-5-2)15-17-26/h18-22,25-26H,4-17,23H2,1-3H3/t25-,26-. The van der Waals surface area contributed by atoms with E-state index in [0.29, 0.717) is 5.92 Å². The van der Waals surface area contributed by atoms with E-state index < -0.39 is 0 Å². The van der Waals surface area contributed by atoms with Gasteiger partial charge in [0, 0.05) is 18.0 Å². The van der Waals surface area contributed by atoms with Gasteiger partial charge in [0.05, 0.1) is 6.61 Å². The van der Waals surface area contributed by atoms with Gasteiger partial charge in [0.15, 0.2) is 5.82 Å². The van der Waals surface area contributed by atoms with Crippen LogP contribution >= 0.6 is 0 Å². The number of hydrogen-bond donors (Lipinski definition) is 0. The molecule has 3 nitrogen and oxygen atoms in total. The second kappa shape index (κ2) is 14.4. The van der Waals surface area contributed by atoms with Gasteiger partial charge in [-0.05, 0) is 73.8 Å². The van der Waals surface area contributed by atoms with E-state index in [-0.39, 0.29) is 0 Å². The Labute approximate surface area is 202 Å². The molecule has 3 rings (SSSR count). The molecule has 1 fully saturated rings. The van der Waals surface area contributed by atoms with Crippen LogP contribution in [0.25, 0.3) is 11.4 Å². The van der Waals surface area contributed by atoms with Gasteiger partial charge in [-0.15, -0.1) is 0 Å². The largest absolute Gasteiger partial charge is 0.493 e. The van der Waals surface area contributed by atoms with Gasteiger partial charge in [0.2, 0.25) is 0 Å². The summed E-state index contributed by atoms with van der Waals surface area (Å²) in [7, 11) is 0. The number of rotatable bonds is 14. The van der Waals surface area contributed by atoms with Gasteiger partial charge in [-0.2, -0.15) is 0 Å². The Morgan fingerprint density at radius 2 is 1.48 bits per heavy atom. The van der Waals surface area contributed by atoms with Crippen molar-refractivity contribution in [1.29, 1.82) is 0 Å². The third-order valence-electron chi connectivity index (χ3n) is 7.36. The van der Waals surface area contributed by atoms with Crippen LogP contribution in [0, 0.1) is 18.8 Å². The summed E-state index contributed by atoms with van der Waals surface area (Å²) in [6.45, 7) is 7.56. The molecule has 1 aromatic heterocycles. The van der Waals surface area contributed by atoms with E-state index in [1.165, 1.54) is 94.6 Å². The average Bonchev–Trinajstić information content (AvgIpc) is 2.84. The van der Waals surface area contributed by atoms with Crippen LogP contribution in [0.2, 0.25) is 0 Å². The topological polar surface area (TPSA) is 35.0 Å². The van der Waals surface area contributed by atoms with Crippen LogP contribution in [-0.4, -0.2) is 16.6 Å². The van der Waals surface area contributed by atoms with Crippen molar-refractivity contribution in [2.75, 3.05) is 6.61 Å². The molecule has 1 aromatic carbocycles. The fraction of sp³-hybridized carbons (Fsp3) is 0.667. The van der Waals surface area contributed by atoms with Crippen molar-refractivity contribution in [3.8, 4) is 17.1 Å². The Hall–Kier alpha value is -1.90. The Morgan fingerprint density at radius 1 is 0.818 bits per heavy atom. The fourth-order valence-corrected chi connectivity index (χ4v) is 5.20. The van der Waals surface area contributed by atoms with Gasteiger partial charge in [-0.1, -0.05) is 78.1 Å². The maximum Gasteiger partial charge on any atom is 0.159 e. The highest BCUT2D eigenvalue weighted by Crippen LogP contribution is 2.32. The molecule has 0 N–H and O–H groups in total. The highest BCUT2D eigenvalue weighted by Gasteiger charge is 2.21. The number of nitrogens with zero attached hydrogens (tertiary/aromatic N) is 2. The first-order valence-electron chi connectivity index (χ1n) is 13.7. The lowest BCUT2D eigenvalue weighted by molar-refractivity contribution is 0.178. The molecule has 2 aromatic rings. The lowest BCUT2D eigenvalue weighted by atomic mass is 9.80. The molecule has 0 amide bonds. The van der Waals surface area contributed by atoms with E-state index in [0.717, 1.165) is 36.1 Å². The SMILES string of the molecule is CCCCCCCCCc1cnc(-c2ccc(OC[C@H]3CC[C@H](CCC)CC3)cc2C)nc1. The zero-order chi connectivity index (χ0) is 23.3. The maximum absolute atomic E-state index is 6.18. The first kappa shape index (κ1) is 25.7. The zero-order valence-corrected chi connectivity index (χ0v) is 21.5. The Morgan fingerprint density at radius 3 is 2.15 bits per heavy atom. The van der Waals surface area contributed by atoms with Crippen LogP contribution in [-0.2, 0) is 6.42 Å². The zero-order valence-electron chi connectivity index (χ0n) is 21.5. The van der Waals surface area contributed by atoms with Crippen molar-refractivity contribution in [3.05, 3.63) is 41.7 Å². The Balaban J connectivity index is 1.42. The lowest BCUT2D eigenvalue weighted by Crippen LogP contribution is -2.20. The molecule has 0 atom stereocenters. The van der Waals surface area contributed by atoms with E-state index in [4.69, 9.17) is 4.74 Å². The number of unbranched alkanes of at least 4 members (excludes halogenated alkanes) is 6. The predicted molar refractivity (Wildman–Crippen MR) is 140 cm³/mol. The van der Waals surface area contributed by atoms with Crippen LogP contribution in [0.3, 0.4) is 0 Å². The molecule has 182 valence electrons. The molecule has 1 aliphatic rings. The lowest BCUT2D eigenvalue weighted by Gasteiger charge is -2.28. The Bertz CT molecular complexity index is 793. The van der Waals surface area contributed by atoms with Crippen molar-refractivity contribution in [3.63, 3.8) is 0 Å². The summed E-state index contributed by atoms with van der Waals surface area (Å²) in [6.07, 6.45) is 22.6. The summed E-state index contributed by atoms with van der Waals surface area (Å²) >= 11 is 0. The summed E-state index contributed by atoms with van der Waals surface area (Å²) in [6, 6.07) is 6.35. The summed E-state index contributed by atoms with van der Waals surface area (Å²) in [5.41, 5.74) is 3.53. The van der Waals surface area contributed by atoms with Crippen LogP contribution in [0.4, 0.5) is 0 Å². The highest BCUT2D eigenvalue weighted by atomic mass is 16.5. The molecular weight excluding hydrogens is 404 g/mol. The molecule has 1 heterocycles. The van der Waals surface area contributed by atoms with Crippen LogP contribution < -0.4 is 4.74 Å². The van der Waals surface area contributed by atoms with Crippen molar-refractivity contribution < 1.29 is 4.74 Å². The molecular formula is C30H46N2O. The van der Waals surface area contributed by atoms with Gasteiger partial charge in [-0.3, -0.25) is 0 Å². The fourth-order valence-electron chi connectivity index (χ4n) is 5.20. The minimum absolute atomic E-state index is 0.713. The number of benzene rings is 1. The second-order valence-corrected chi connectivity index (χ2v) is 10.2. The van der Waals surface area contributed by atoms with Crippen molar-refractivity contribution in [2.45, 2.75) is 111 Å². The number of ether oxygens (including phenoxy) is 1. The predicted octanol–water partition coefficient (Wildman–Crippen LogP) is 8.73. The molecule has 1 aliphatic carbocycles. The molecule has 0 aliphatic heterocycles. The quantitative estimate of drug-likeness (QED) is 0.270. The van der Waals surface area contributed by atoms with E-state index >= 15 is 0 Å². The smallest absolute Gasteiger partial charge is 0.159 e.